The van der Waals surface area contributed by atoms with Crippen molar-refractivity contribution in [2.24, 2.45) is 0 Å². The van der Waals surface area contributed by atoms with Crippen LogP contribution in [0.25, 0.3) is 10.9 Å². The molecule has 0 radical (unpaired) electrons. The van der Waals surface area contributed by atoms with Crippen molar-refractivity contribution in [3.8, 4) is 0 Å². The standard InChI is InChI=1S/C20H21FN2/c21-16-7-9-20-18(11-16)19(13-23-20)15-6-8-17(10-15)22-12-14-4-2-1-3-5-14/h1-5,7,9,11,13,15,17,22-23H,6,8,10,12H2/t15-,17-/m0/s1. The highest BCUT2D eigenvalue weighted by Crippen LogP contribution is 2.38. The van der Waals surface area contributed by atoms with E-state index in [9.17, 15) is 4.39 Å². The summed E-state index contributed by atoms with van der Waals surface area (Å²) >= 11 is 0. The topological polar surface area (TPSA) is 27.8 Å². The molecule has 4 rings (SSSR count). The molecule has 3 aromatic rings. The predicted octanol–water partition coefficient (Wildman–Crippen LogP) is 4.73. The lowest BCUT2D eigenvalue weighted by Gasteiger charge is -2.13. The average molecular weight is 308 g/mol. The van der Waals surface area contributed by atoms with Crippen LogP contribution in [0, 0.1) is 5.82 Å². The molecule has 1 aromatic heterocycles. The van der Waals surface area contributed by atoms with Crippen LogP contribution in [-0.2, 0) is 6.54 Å². The summed E-state index contributed by atoms with van der Waals surface area (Å²) in [6.07, 6.45) is 5.53. The van der Waals surface area contributed by atoms with Crippen molar-refractivity contribution < 1.29 is 4.39 Å². The lowest BCUT2D eigenvalue weighted by molar-refractivity contribution is 0.518. The first-order chi connectivity index (χ1) is 11.3. The van der Waals surface area contributed by atoms with Crippen molar-refractivity contribution in [3.05, 3.63) is 71.7 Å². The minimum Gasteiger partial charge on any atom is -0.361 e. The monoisotopic (exact) mass is 308 g/mol. The molecule has 118 valence electrons. The number of rotatable bonds is 4. The van der Waals surface area contributed by atoms with Crippen molar-refractivity contribution in [3.63, 3.8) is 0 Å². The molecule has 2 atom stereocenters. The Hall–Kier alpha value is -2.13. The van der Waals surface area contributed by atoms with Crippen molar-refractivity contribution in [2.45, 2.75) is 37.8 Å². The van der Waals surface area contributed by atoms with Gasteiger partial charge in [0, 0.05) is 29.7 Å². The average Bonchev–Trinajstić information content (AvgIpc) is 3.20. The Morgan fingerprint density at radius 1 is 1.09 bits per heavy atom. The maximum atomic E-state index is 13.5. The number of nitrogens with one attached hydrogen (secondary N) is 2. The molecular formula is C20H21FN2. The molecule has 0 amide bonds. The van der Waals surface area contributed by atoms with Gasteiger partial charge in [-0.25, -0.2) is 4.39 Å². The molecule has 2 aromatic carbocycles. The van der Waals surface area contributed by atoms with Gasteiger partial charge >= 0.3 is 0 Å². The van der Waals surface area contributed by atoms with Gasteiger partial charge in [0.25, 0.3) is 0 Å². The van der Waals surface area contributed by atoms with Crippen LogP contribution in [0.2, 0.25) is 0 Å². The van der Waals surface area contributed by atoms with Crippen LogP contribution < -0.4 is 5.32 Å². The Balaban J connectivity index is 1.44. The Labute approximate surface area is 135 Å². The third-order valence-corrected chi connectivity index (χ3v) is 4.99. The van der Waals surface area contributed by atoms with E-state index in [4.69, 9.17) is 0 Å². The highest BCUT2D eigenvalue weighted by Gasteiger charge is 2.27. The molecule has 0 saturated heterocycles. The van der Waals surface area contributed by atoms with Crippen molar-refractivity contribution >= 4 is 10.9 Å². The number of aromatic nitrogens is 1. The predicted molar refractivity (Wildman–Crippen MR) is 91.9 cm³/mol. The van der Waals surface area contributed by atoms with E-state index in [0.717, 1.165) is 30.3 Å². The van der Waals surface area contributed by atoms with Gasteiger partial charge in [0.2, 0.25) is 0 Å². The fourth-order valence-electron chi connectivity index (χ4n) is 3.76. The van der Waals surface area contributed by atoms with Crippen LogP contribution in [-0.4, -0.2) is 11.0 Å². The second-order valence-corrected chi connectivity index (χ2v) is 6.51. The molecule has 2 nitrogen and oxygen atoms in total. The van der Waals surface area contributed by atoms with Gasteiger partial charge in [0.15, 0.2) is 0 Å². The number of hydrogen-bond acceptors (Lipinski definition) is 1. The molecule has 0 bridgehead atoms. The Morgan fingerprint density at radius 3 is 2.83 bits per heavy atom. The second-order valence-electron chi connectivity index (χ2n) is 6.51. The number of aromatic amines is 1. The van der Waals surface area contributed by atoms with Gasteiger partial charge in [-0.1, -0.05) is 30.3 Å². The fourth-order valence-corrected chi connectivity index (χ4v) is 3.76. The highest BCUT2D eigenvalue weighted by molar-refractivity contribution is 5.83. The first-order valence-electron chi connectivity index (χ1n) is 8.33. The van der Waals surface area contributed by atoms with E-state index in [2.05, 4.69) is 40.8 Å². The maximum absolute atomic E-state index is 13.5. The smallest absolute Gasteiger partial charge is 0.123 e. The largest absolute Gasteiger partial charge is 0.361 e. The maximum Gasteiger partial charge on any atom is 0.123 e. The first kappa shape index (κ1) is 14.5. The molecule has 1 fully saturated rings. The lowest BCUT2D eigenvalue weighted by Crippen LogP contribution is -2.25. The van der Waals surface area contributed by atoms with Crippen LogP contribution in [0.15, 0.2) is 54.7 Å². The molecule has 2 N–H and O–H groups in total. The molecule has 1 heterocycles. The van der Waals surface area contributed by atoms with E-state index >= 15 is 0 Å². The highest BCUT2D eigenvalue weighted by atomic mass is 19.1. The summed E-state index contributed by atoms with van der Waals surface area (Å²) in [4.78, 5) is 3.28. The number of hydrogen-bond donors (Lipinski definition) is 2. The summed E-state index contributed by atoms with van der Waals surface area (Å²) in [5, 5.41) is 4.71. The van der Waals surface area contributed by atoms with Crippen LogP contribution >= 0.6 is 0 Å². The normalized spacial score (nSPS) is 21.1. The second kappa shape index (κ2) is 6.17. The van der Waals surface area contributed by atoms with Gasteiger partial charge in [-0.15, -0.1) is 0 Å². The van der Waals surface area contributed by atoms with Gasteiger partial charge in [-0.05, 0) is 54.5 Å². The molecule has 1 aliphatic carbocycles. The summed E-state index contributed by atoms with van der Waals surface area (Å²) in [6, 6.07) is 16.1. The van der Waals surface area contributed by atoms with Gasteiger partial charge < -0.3 is 10.3 Å². The van der Waals surface area contributed by atoms with Crippen molar-refractivity contribution in [2.75, 3.05) is 0 Å². The third-order valence-electron chi connectivity index (χ3n) is 4.99. The molecule has 0 unspecified atom stereocenters. The first-order valence-corrected chi connectivity index (χ1v) is 8.33. The number of fused-ring (bicyclic) bond motifs is 1. The van der Waals surface area contributed by atoms with Gasteiger partial charge in [0.05, 0.1) is 0 Å². The molecule has 1 saturated carbocycles. The number of benzene rings is 2. The van der Waals surface area contributed by atoms with E-state index in [1.165, 1.54) is 23.6 Å². The van der Waals surface area contributed by atoms with E-state index in [1.807, 2.05) is 12.1 Å². The van der Waals surface area contributed by atoms with E-state index in [-0.39, 0.29) is 5.82 Å². The number of H-pyrrole nitrogens is 1. The van der Waals surface area contributed by atoms with E-state index in [0.29, 0.717) is 12.0 Å². The summed E-state index contributed by atoms with van der Waals surface area (Å²) in [7, 11) is 0. The van der Waals surface area contributed by atoms with Crippen LogP contribution in [0.1, 0.15) is 36.3 Å². The molecule has 0 aliphatic heterocycles. The van der Waals surface area contributed by atoms with Gasteiger partial charge in [-0.2, -0.15) is 0 Å². The molecule has 1 aliphatic rings. The molecular weight excluding hydrogens is 287 g/mol. The van der Waals surface area contributed by atoms with Crippen molar-refractivity contribution in [1.29, 1.82) is 0 Å². The SMILES string of the molecule is Fc1ccc2[nH]cc([C@H]3CC[C@H](NCc4ccccc4)C3)c2c1. The lowest BCUT2D eigenvalue weighted by atomic mass is 9.97. The third kappa shape index (κ3) is 3.02. The van der Waals surface area contributed by atoms with Crippen molar-refractivity contribution in [1.82, 2.24) is 10.3 Å². The minimum atomic E-state index is -0.157. The summed E-state index contributed by atoms with van der Waals surface area (Å²) in [5.41, 5.74) is 3.62. The number of halogens is 1. The zero-order valence-corrected chi connectivity index (χ0v) is 13.1. The Kier molecular flexibility index (Phi) is 3.88. The van der Waals surface area contributed by atoms with Crippen LogP contribution in [0.4, 0.5) is 4.39 Å². The summed E-state index contributed by atoms with van der Waals surface area (Å²) in [5.74, 6) is 0.355. The van der Waals surface area contributed by atoms with Crippen LogP contribution in [0.5, 0.6) is 0 Å². The molecule has 23 heavy (non-hydrogen) atoms. The van der Waals surface area contributed by atoms with Gasteiger partial charge in [0.1, 0.15) is 5.82 Å². The zero-order valence-electron chi connectivity index (χ0n) is 13.1. The van der Waals surface area contributed by atoms with Gasteiger partial charge in [-0.3, -0.25) is 0 Å². The van der Waals surface area contributed by atoms with Crippen LogP contribution in [0.3, 0.4) is 0 Å². The summed E-state index contributed by atoms with van der Waals surface area (Å²) < 4.78 is 13.5. The molecule has 0 spiro atoms. The van der Waals surface area contributed by atoms with E-state index in [1.54, 1.807) is 6.07 Å². The quantitative estimate of drug-likeness (QED) is 0.716. The summed E-state index contributed by atoms with van der Waals surface area (Å²) in [6.45, 7) is 0.917. The Bertz CT molecular complexity index is 794. The zero-order chi connectivity index (χ0) is 15.6. The fraction of sp³-hybridized carbons (Fsp3) is 0.300. The minimum absolute atomic E-state index is 0.157. The van der Waals surface area contributed by atoms with E-state index < -0.39 is 0 Å². The Morgan fingerprint density at radius 2 is 1.96 bits per heavy atom. The molecule has 3 heteroatoms.